The molecule has 0 heterocycles. The summed E-state index contributed by atoms with van der Waals surface area (Å²) in [5.41, 5.74) is 5.66. The Kier molecular flexibility index (Phi) is 6.62. The fraction of sp³-hybridized carbons (Fsp3) is 0.167. The summed E-state index contributed by atoms with van der Waals surface area (Å²) in [6.45, 7) is 4.39. The van der Waals surface area contributed by atoms with Crippen molar-refractivity contribution in [2.75, 3.05) is 6.54 Å². The van der Waals surface area contributed by atoms with Gasteiger partial charge in [0.05, 0.1) is 4.90 Å². The van der Waals surface area contributed by atoms with Gasteiger partial charge in [-0.25, -0.2) is 17.5 Å². The van der Waals surface area contributed by atoms with Crippen LogP contribution < -0.4 is 4.72 Å². The molecule has 0 saturated heterocycles. The van der Waals surface area contributed by atoms with Crippen LogP contribution in [0.1, 0.15) is 28.7 Å². The first-order chi connectivity index (χ1) is 13.9. The molecule has 0 fully saturated rings. The fourth-order valence-electron chi connectivity index (χ4n) is 3.22. The van der Waals surface area contributed by atoms with Gasteiger partial charge in [-0.3, -0.25) is 0 Å². The molecule has 3 aromatic rings. The van der Waals surface area contributed by atoms with Crippen molar-refractivity contribution < 1.29 is 12.8 Å². The topological polar surface area (TPSA) is 46.2 Å². The molecule has 0 aromatic heterocycles. The number of rotatable bonds is 7. The zero-order valence-corrected chi connectivity index (χ0v) is 17.3. The van der Waals surface area contributed by atoms with Crippen molar-refractivity contribution in [3.8, 4) is 0 Å². The number of hydrogen-bond acceptors (Lipinski definition) is 2. The van der Waals surface area contributed by atoms with Crippen molar-refractivity contribution in [1.29, 1.82) is 0 Å². The normalized spacial score (nSPS) is 11.3. The van der Waals surface area contributed by atoms with Crippen molar-refractivity contribution in [3.05, 3.63) is 107 Å². The molecule has 0 bridgehead atoms. The molecule has 0 saturated carbocycles. The summed E-state index contributed by atoms with van der Waals surface area (Å²) < 4.78 is 40.4. The van der Waals surface area contributed by atoms with Gasteiger partial charge in [0.1, 0.15) is 5.82 Å². The molecule has 0 unspecified atom stereocenters. The predicted octanol–water partition coefficient (Wildman–Crippen LogP) is 5.24. The Labute approximate surface area is 172 Å². The number of hydrogen-bond donors (Lipinski definition) is 1. The average Bonchev–Trinajstić information content (AvgIpc) is 2.70. The summed E-state index contributed by atoms with van der Waals surface area (Å²) in [6.07, 6.45) is 2.59. The first-order valence-electron chi connectivity index (χ1n) is 9.46. The molecule has 0 atom stereocenters. The zero-order chi connectivity index (χ0) is 20.9. The minimum Gasteiger partial charge on any atom is -0.211 e. The third-order valence-corrected chi connectivity index (χ3v) is 6.26. The van der Waals surface area contributed by atoms with Gasteiger partial charge in [0.25, 0.3) is 0 Å². The highest BCUT2D eigenvalue weighted by Crippen LogP contribution is 2.28. The van der Waals surface area contributed by atoms with Gasteiger partial charge in [0, 0.05) is 6.54 Å². The molecular weight excluding hydrogens is 385 g/mol. The van der Waals surface area contributed by atoms with Crippen LogP contribution in [0, 0.1) is 19.7 Å². The third-order valence-electron chi connectivity index (χ3n) is 4.78. The van der Waals surface area contributed by atoms with Gasteiger partial charge < -0.3 is 0 Å². The maximum absolute atomic E-state index is 13.0. The second-order valence-electron chi connectivity index (χ2n) is 6.89. The van der Waals surface area contributed by atoms with Gasteiger partial charge in [0.15, 0.2) is 0 Å². The van der Waals surface area contributed by atoms with Crippen molar-refractivity contribution >= 4 is 15.6 Å². The number of sulfonamides is 1. The lowest BCUT2D eigenvalue weighted by Crippen LogP contribution is -2.24. The van der Waals surface area contributed by atoms with E-state index in [-0.39, 0.29) is 11.4 Å². The second kappa shape index (κ2) is 9.16. The molecule has 3 nitrogen and oxygen atoms in total. The van der Waals surface area contributed by atoms with Crippen LogP contribution in [0.25, 0.3) is 5.57 Å². The number of aryl methyl sites for hydroxylation is 2. The van der Waals surface area contributed by atoms with E-state index in [1.807, 2.05) is 24.3 Å². The minimum absolute atomic E-state index is 0.0564. The standard InChI is InChI=1S/C24H24FNO2S/c1-18-8-3-5-10-22(18)24(23-11-6-4-9-19(23)2)12-7-17-26-29(27,28)21-15-13-20(25)14-16-21/h3-6,8-16,26H,7,17H2,1-2H3. The number of halogens is 1. The molecule has 3 rings (SSSR count). The van der Waals surface area contributed by atoms with Gasteiger partial charge in [-0.2, -0.15) is 0 Å². The molecule has 1 N–H and O–H groups in total. The maximum atomic E-state index is 13.0. The first-order valence-corrected chi connectivity index (χ1v) is 10.9. The fourth-order valence-corrected chi connectivity index (χ4v) is 4.27. The molecule has 150 valence electrons. The molecule has 5 heteroatoms. The largest absolute Gasteiger partial charge is 0.240 e. The van der Waals surface area contributed by atoms with E-state index in [0.717, 1.165) is 40.0 Å². The summed E-state index contributed by atoms with van der Waals surface area (Å²) in [4.78, 5) is 0.0564. The molecule has 0 aliphatic carbocycles. The summed E-state index contributed by atoms with van der Waals surface area (Å²) >= 11 is 0. The molecule has 0 radical (unpaired) electrons. The van der Waals surface area contributed by atoms with Crippen LogP contribution in [-0.2, 0) is 10.0 Å². The molecule has 0 spiro atoms. The molecule has 29 heavy (non-hydrogen) atoms. The SMILES string of the molecule is Cc1ccccc1C(=CCCNS(=O)(=O)c1ccc(F)cc1)c1ccccc1C. The first kappa shape index (κ1) is 21.0. The van der Waals surface area contributed by atoms with Crippen molar-refractivity contribution in [1.82, 2.24) is 4.72 Å². The average molecular weight is 410 g/mol. The smallest absolute Gasteiger partial charge is 0.211 e. The van der Waals surface area contributed by atoms with Gasteiger partial charge in [-0.05, 0) is 72.4 Å². The van der Waals surface area contributed by atoms with Crippen molar-refractivity contribution in [2.24, 2.45) is 0 Å². The van der Waals surface area contributed by atoms with Gasteiger partial charge in [-0.1, -0.05) is 54.6 Å². The number of nitrogens with one attached hydrogen (secondary N) is 1. The summed E-state index contributed by atoms with van der Waals surface area (Å²) in [6, 6.07) is 21.1. The van der Waals surface area contributed by atoms with Crippen LogP contribution in [0.4, 0.5) is 4.39 Å². The highest BCUT2D eigenvalue weighted by molar-refractivity contribution is 7.89. The van der Waals surface area contributed by atoms with Crippen LogP contribution in [0.3, 0.4) is 0 Å². The number of benzene rings is 3. The van der Waals surface area contributed by atoms with Crippen LogP contribution in [0.15, 0.2) is 83.8 Å². The van der Waals surface area contributed by atoms with Crippen LogP contribution >= 0.6 is 0 Å². The van der Waals surface area contributed by atoms with Crippen molar-refractivity contribution in [2.45, 2.75) is 25.2 Å². The van der Waals surface area contributed by atoms with E-state index < -0.39 is 15.8 Å². The van der Waals surface area contributed by atoms with Gasteiger partial charge in [0.2, 0.25) is 10.0 Å². The second-order valence-corrected chi connectivity index (χ2v) is 8.65. The van der Waals surface area contributed by atoms with Crippen LogP contribution in [0.2, 0.25) is 0 Å². The molecular formula is C24H24FNO2S. The Morgan fingerprint density at radius 2 is 1.38 bits per heavy atom. The lowest BCUT2D eigenvalue weighted by molar-refractivity contribution is 0.581. The van der Waals surface area contributed by atoms with E-state index in [1.54, 1.807) is 0 Å². The highest BCUT2D eigenvalue weighted by atomic mass is 32.2. The molecule has 0 amide bonds. The Hall–Kier alpha value is -2.76. The molecule has 3 aromatic carbocycles. The molecule has 0 aliphatic heterocycles. The lowest BCUT2D eigenvalue weighted by atomic mass is 9.91. The Bertz CT molecular complexity index is 1070. The van der Waals surface area contributed by atoms with Crippen LogP contribution in [-0.4, -0.2) is 15.0 Å². The summed E-state index contributed by atoms with van der Waals surface area (Å²) in [5, 5.41) is 0. The monoisotopic (exact) mass is 409 g/mol. The van der Waals surface area contributed by atoms with E-state index in [4.69, 9.17) is 0 Å². The maximum Gasteiger partial charge on any atom is 0.240 e. The highest BCUT2D eigenvalue weighted by Gasteiger charge is 2.13. The van der Waals surface area contributed by atoms with E-state index in [1.165, 1.54) is 12.1 Å². The van der Waals surface area contributed by atoms with E-state index >= 15 is 0 Å². The van der Waals surface area contributed by atoms with E-state index in [2.05, 4.69) is 48.9 Å². The van der Waals surface area contributed by atoms with Crippen LogP contribution in [0.5, 0.6) is 0 Å². The Morgan fingerprint density at radius 1 is 0.862 bits per heavy atom. The molecule has 0 aliphatic rings. The summed E-state index contributed by atoms with van der Waals surface area (Å²) in [5.74, 6) is -0.465. The minimum atomic E-state index is -3.67. The van der Waals surface area contributed by atoms with E-state index in [0.29, 0.717) is 6.42 Å². The van der Waals surface area contributed by atoms with Crippen molar-refractivity contribution in [3.63, 3.8) is 0 Å². The summed E-state index contributed by atoms with van der Waals surface area (Å²) in [7, 11) is -3.67. The zero-order valence-electron chi connectivity index (χ0n) is 16.5. The Morgan fingerprint density at radius 3 is 1.90 bits per heavy atom. The third kappa shape index (κ3) is 5.19. The Balaban J connectivity index is 1.82. The predicted molar refractivity (Wildman–Crippen MR) is 116 cm³/mol. The quantitative estimate of drug-likeness (QED) is 0.542. The van der Waals surface area contributed by atoms with E-state index in [9.17, 15) is 12.8 Å². The van der Waals surface area contributed by atoms with Gasteiger partial charge in [-0.15, -0.1) is 0 Å². The lowest BCUT2D eigenvalue weighted by Gasteiger charge is -2.14. The van der Waals surface area contributed by atoms with Gasteiger partial charge >= 0.3 is 0 Å².